The van der Waals surface area contributed by atoms with Crippen molar-refractivity contribution in [2.24, 2.45) is 0 Å². The Balaban J connectivity index is 1.37. The van der Waals surface area contributed by atoms with Crippen molar-refractivity contribution in [3.63, 3.8) is 0 Å². The van der Waals surface area contributed by atoms with Gasteiger partial charge in [-0.2, -0.15) is 0 Å². The lowest BCUT2D eigenvalue weighted by Crippen LogP contribution is -2.39. The van der Waals surface area contributed by atoms with E-state index in [2.05, 4.69) is 41.4 Å². The number of aliphatic hydroxyl groups excluding tert-OH is 1. The largest absolute Gasteiger partial charge is 0.389 e. The molecule has 2 aromatic heterocycles. The number of benzene rings is 3. The fourth-order valence-corrected chi connectivity index (χ4v) is 5.94. The van der Waals surface area contributed by atoms with E-state index in [1.54, 1.807) is 22.7 Å². The molecule has 1 saturated heterocycles. The summed E-state index contributed by atoms with van der Waals surface area (Å²) in [7, 11) is 0. The molecule has 3 aromatic carbocycles. The van der Waals surface area contributed by atoms with Crippen molar-refractivity contribution in [2.45, 2.75) is 35.8 Å². The van der Waals surface area contributed by atoms with Gasteiger partial charge >= 0.3 is 0 Å². The molecule has 0 spiro atoms. The van der Waals surface area contributed by atoms with Crippen molar-refractivity contribution < 1.29 is 9.84 Å². The number of pyridine rings is 1. The lowest BCUT2D eigenvalue weighted by atomic mass is 9.96. The van der Waals surface area contributed by atoms with Gasteiger partial charge in [-0.15, -0.1) is 11.8 Å². The van der Waals surface area contributed by atoms with Gasteiger partial charge in [0.2, 0.25) is 0 Å². The summed E-state index contributed by atoms with van der Waals surface area (Å²) in [6, 6.07) is 24.3. The van der Waals surface area contributed by atoms with Gasteiger partial charge in [0.05, 0.1) is 41.0 Å². The van der Waals surface area contributed by atoms with Crippen LogP contribution in [0.5, 0.6) is 0 Å². The van der Waals surface area contributed by atoms with E-state index in [4.69, 9.17) is 9.72 Å². The molecule has 1 fully saturated rings. The molecule has 1 N–H and O–H groups in total. The highest BCUT2D eigenvalue weighted by molar-refractivity contribution is 7.98. The third kappa shape index (κ3) is 4.90. The summed E-state index contributed by atoms with van der Waals surface area (Å²) < 4.78 is 6.95. The third-order valence-electron chi connectivity index (χ3n) is 6.95. The minimum Gasteiger partial charge on any atom is -0.389 e. The predicted octanol–water partition coefficient (Wildman–Crippen LogP) is 5.15. The van der Waals surface area contributed by atoms with Crippen molar-refractivity contribution in [1.82, 2.24) is 14.5 Å². The number of aliphatic hydroxyl groups is 1. The Kier molecular flexibility index (Phi) is 6.74. The van der Waals surface area contributed by atoms with Crippen LogP contribution in [-0.2, 0) is 16.9 Å². The second-order valence-electron chi connectivity index (χ2n) is 9.39. The van der Waals surface area contributed by atoms with E-state index in [-0.39, 0.29) is 18.2 Å². The minimum absolute atomic E-state index is 0.128. The Bertz CT molecular complexity index is 1620. The number of fused-ring (bicyclic) bond motifs is 3. The minimum atomic E-state index is -0.728. The molecular weight excluding hydrogens is 482 g/mol. The lowest BCUT2D eigenvalue weighted by molar-refractivity contribution is -0.0395. The molecule has 6 rings (SSSR count). The average molecular weight is 510 g/mol. The van der Waals surface area contributed by atoms with Gasteiger partial charge in [-0.25, -0.2) is 9.97 Å². The predicted molar refractivity (Wildman–Crippen MR) is 147 cm³/mol. The number of aromatic nitrogens is 3. The molecule has 0 amide bonds. The van der Waals surface area contributed by atoms with Crippen LogP contribution in [0.1, 0.15) is 29.2 Å². The van der Waals surface area contributed by atoms with Crippen LogP contribution in [0.2, 0.25) is 0 Å². The maximum atomic E-state index is 13.7. The maximum Gasteiger partial charge on any atom is 0.261 e. The molecule has 0 radical (unpaired) electrons. The molecule has 1 aliphatic heterocycles. The number of rotatable bonds is 6. The zero-order valence-electron chi connectivity index (χ0n) is 20.3. The van der Waals surface area contributed by atoms with E-state index in [1.165, 1.54) is 5.56 Å². The summed E-state index contributed by atoms with van der Waals surface area (Å²) in [5.41, 5.74) is 4.03. The Morgan fingerprint density at radius 3 is 2.59 bits per heavy atom. The van der Waals surface area contributed by atoms with E-state index in [0.717, 1.165) is 32.7 Å². The molecule has 37 heavy (non-hydrogen) atoms. The second kappa shape index (κ2) is 10.5. The summed E-state index contributed by atoms with van der Waals surface area (Å²) >= 11 is 1.72. The Morgan fingerprint density at radius 1 is 0.946 bits per heavy atom. The van der Waals surface area contributed by atoms with E-state index in [9.17, 15) is 9.90 Å². The van der Waals surface area contributed by atoms with Crippen LogP contribution in [0.15, 0.2) is 95.1 Å². The topological polar surface area (TPSA) is 77.2 Å². The normalized spacial score (nSPS) is 17.9. The molecule has 1 unspecified atom stereocenters. The first-order valence-corrected chi connectivity index (χ1v) is 13.4. The van der Waals surface area contributed by atoms with E-state index < -0.39 is 6.10 Å². The number of hydrogen-bond donors (Lipinski definition) is 1. The van der Waals surface area contributed by atoms with Crippen molar-refractivity contribution in [1.29, 1.82) is 0 Å². The highest BCUT2D eigenvalue weighted by Gasteiger charge is 2.27. The molecule has 0 aliphatic carbocycles. The molecule has 6 nitrogen and oxygen atoms in total. The van der Waals surface area contributed by atoms with Crippen LogP contribution < -0.4 is 5.56 Å². The molecule has 5 aromatic rings. The van der Waals surface area contributed by atoms with Gasteiger partial charge in [0.15, 0.2) is 0 Å². The summed E-state index contributed by atoms with van der Waals surface area (Å²) in [5, 5.41) is 14.1. The number of ether oxygens (including phenoxy) is 1. The zero-order chi connectivity index (χ0) is 25.2. The van der Waals surface area contributed by atoms with Crippen molar-refractivity contribution in [2.75, 3.05) is 13.2 Å². The van der Waals surface area contributed by atoms with Gasteiger partial charge in [-0.05, 0) is 53.1 Å². The SMILES string of the molecule is O=c1c2cc(Cc3ccnc(SCc4ccccc4)c3)c3ccccc3c2ncn1C1CCOC[C@@H]1O. The lowest BCUT2D eigenvalue weighted by Gasteiger charge is -2.29. The number of nitrogens with zero attached hydrogens (tertiary/aromatic N) is 3. The second-order valence-corrected chi connectivity index (χ2v) is 10.4. The van der Waals surface area contributed by atoms with Gasteiger partial charge in [-0.3, -0.25) is 9.36 Å². The standard InChI is InChI=1S/C30H27N3O3S/c34-27-17-36-13-11-26(27)33-19-32-29-24-9-5-4-8-23(24)22(16-25(29)30(33)35)14-21-10-12-31-28(15-21)37-18-20-6-2-1-3-7-20/h1-10,12,15-16,19,26-27,34H,11,13-14,17-18H2/t26?,27-/m0/s1. The Morgan fingerprint density at radius 2 is 1.76 bits per heavy atom. The first-order valence-electron chi connectivity index (χ1n) is 12.5. The number of hydrogen-bond acceptors (Lipinski definition) is 6. The van der Waals surface area contributed by atoms with Gasteiger partial charge in [-0.1, -0.05) is 54.6 Å². The summed E-state index contributed by atoms with van der Waals surface area (Å²) in [6.07, 6.45) is 3.96. The first-order chi connectivity index (χ1) is 18.2. The summed E-state index contributed by atoms with van der Waals surface area (Å²) in [5.74, 6) is 0.861. The Labute approximate surface area is 219 Å². The molecule has 0 bridgehead atoms. The fourth-order valence-electron chi connectivity index (χ4n) is 5.06. The van der Waals surface area contributed by atoms with Gasteiger partial charge in [0.25, 0.3) is 5.56 Å². The van der Waals surface area contributed by atoms with Crippen LogP contribution in [-0.4, -0.2) is 39.0 Å². The maximum absolute atomic E-state index is 13.7. The van der Waals surface area contributed by atoms with Gasteiger partial charge in [0.1, 0.15) is 0 Å². The third-order valence-corrected chi connectivity index (χ3v) is 7.95. The van der Waals surface area contributed by atoms with Crippen LogP contribution in [0.4, 0.5) is 0 Å². The quantitative estimate of drug-likeness (QED) is 0.252. The van der Waals surface area contributed by atoms with Crippen LogP contribution in [0.3, 0.4) is 0 Å². The molecule has 2 atom stereocenters. The van der Waals surface area contributed by atoms with Crippen molar-refractivity contribution >= 4 is 33.4 Å². The van der Waals surface area contributed by atoms with Gasteiger partial charge in [0, 0.05) is 23.9 Å². The fraction of sp³-hybridized carbons (Fsp3) is 0.233. The number of thioether (sulfide) groups is 1. The highest BCUT2D eigenvalue weighted by Crippen LogP contribution is 2.29. The van der Waals surface area contributed by atoms with Crippen LogP contribution in [0, 0.1) is 0 Å². The molecule has 186 valence electrons. The molecule has 3 heterocycles. The zero-order valence-corrected chi connectivity index (χ0v) is 21.1. The molecule has 0 saturated carbocycles. The van der Waals surface area contributed by atoms with E-state index in [0.29, 0.717) is 30.4 Å². The molecular formula is C30H27N3O3S. The molecule has 1 aliphatic rings. The smallest absolute Gasteiger partial charge is 0.261 e. The van der Waals surface area contributed by atoms with Gasteiger partial charge < -0.3 is 9.84 Å². The highest BCUT2D eigenvalue weighted by atomic mass is 32.2. The Hall–Kier alpha value is -3.52. The average Bonchev–Trinajstić information content (AvgIpc) is 2.94. The summed E-state index contributed by atoms with van der Waals surface area (Å²) in [4.78, 5) is 22.9. The van der Waals surface area contributed by atoms with Crippen LogP contribution in [0.25, 0.3) is 21.7 Å². The molecule has 7 heteroatoms. The van der Waals surface area contributed by atoms with Crippen molar-refractivity contribution in [3.8, 4) is 0 Å². The monoisotopic (exact) mass is 509 g/mol. The first kappa shape index (κ1) is 23.9. The summed E-state index contributed by atoms with van der Waals surface area (Å²) in [6.45, 7) is 0.743. The van der Waals surface area contributed by atoms with Crippen LogP contribution >= 0.6 is 11.8 Å². The van der Waals surface area contributed by atoms with E-state index in [1.807, 2.05) is 42.6 Å². The van der Waals surface area contributed by atoms with Crippen molar-refractivity contribution in [3.05, 3.63) is 112 Å². The van der Waals surface area contributed by atoms with E-state index >= 15 is 0 Å².